The van der Waals surface area contributed by atoms with Gasteiger partial charge < -0.3 is 19.9 Å². The van der Waals surface area contributed by atoms with Crippen LogP contribution in [0.2, 0.25) is 0 Å². The van der Waals surface area contributed by atoms with E-state index in [9.17, 15) is 4.79 Å². The minimum absolute atomic E-state index is 0.0941. The first-order valence-electron chi connectivity index (χ1n) is 9.89. The van der Waals surface area contributed by atoms with Crippen molar-refractivity contribution in [2.75, 3.05) is 13.2 Å². The maximum atomic E-state index is 12.6. The minimum Gasteiger partial charge on any atom is -0.492 e. The zero-order valence-corrected chi connectivity index (χ0v) is 16.0. The lowest BCUT2D eigenvalue weighted by Crippen LogP contribution is -2.22. The molecule has 0 atom stereocenters. The number of fused-ring (bicyclic) bond motifs is 2. The molecule has 6 heteroatoms. The number of hydrogen-bond donors (Lipinski definition) is 2. The number of carbonyl (C=O) groups excluding carboxylic acids is 1. The Kier molecular flexibility index (Phi) is 4.28. The van der Waals surface area contributed by atoms with Gasteiger partial charge in [-0.2, -0.15) is 0 Å². The van der Waals surface area contributed by atoms with Gasteiger partial charge in [0.1, 0.15) is 18.2 Å². The van der Waals surface area contributed by atoms with Gasteiger partial charge in [0.05, 0.1) is 11.0 Å². The second kappa shape index (κ2) is 6.95. The normalized spacial score (nSPS) is 16.3. The van der Waals surface area contributed by atoms with Crippen LogP contribution >= 0.6 is 0 Å². The van der Waals surface area contributed by atoms with E-state index in [1.165, 1.54) is 18.7 Å². The number of imidazole rings is 1. The van der Waals surface area contributed by atoms with Crippen molar-refractivity contribution in [1.82, 2.24) is 20.2 Å². The number of nitrogens with one attached hydrogen (secondary N) is 2. The highest BCUT2D eigenvalue weighted by atomic mass is 16.5. The van der Waals surface area contributed by atoms with Gasteiger partial charge in [0.2, 0.25) is 0 Å². The Balaban J connectivity index is 1.30. The van der Waals surface area contributed by atoms with Crippen molar-refractivity contribution in [2.45, 2.75) is 31.8 Å². The van der Waals surface area contributed by atoms with Gasteiger partial charge in [0.25, 0.3) is 5.91 Å². The van der Waals surface area contributed by atoms with Gasteiger partial charge in [-0.1, -0.05) is 12.1 Å². The monoisotopic (exact) mass is 376 g/mol. The van der Waals surface area contributed by atoms with Crippen molar-refractivity contribution in [3.8, 4) is 5.75 Å². The smallest absolute Gasteiger partial charge is 0.251 e. The maximum Gasteiger partial charge on any atom is 0.251 e. The van der Waals surface area contributed by atoms with E-state index in [0.717, 1.165) is 41.0 Å². The second-order valence-electron chi connectivity index (χ2n) is 7.66. The molecule has 28 heavy (non-hydrogen) atoms. The van der Waals surface area contributed by atoms with Gasteiger partial charge >= 0.3 is 0 Å². The molecule has 2 heterocycles. The molecule has 1 saturated carbocycles. The molecular weight excluding hydrogens is 352 g/mol. The topological polar surface area (TPSA) is 68.2 Å². The number of carbonyl (C=O) groups is 1. The summed E-state index contributed by atoms with van der Waals surface area (Å²) in [7, 11) is 2.08. The number of benzene rings is 2. The molecular formula is C22H24N4O2. The number of aromatic nitrogens is 2. The number of aryl methyl sites for hydroxylation is 1. The van der Waals surface area contributed by atoms with E-state index in [0.29, 0.717) is 24.6 Å². The molecule has 0 bridgehead atoms. The highest BCUT2D eigenvalue weighted by Crippen LogP contribution is 2.40. The zero-order valence-electron chi connectivity index (χ0n) is 16.0. The summed E-state index contributed by atoms with van der Waals surface area (Å²) in [6.07, 6.45) is 2.47. The Hall–Kier alpha value is -2.86. The molecule has 1 fully saturated rings. The molecule has 2 aromatic carbocycles. The van der Waals surface area contributed by atoms with Crippen LogP contribution in [0.4, 0.5) is 0 Å². The number of amides is 1. The lowest BCUT2D eigenvalue weighted by molar-refractivity contribution is 0.0950. The number of rotatable bonds is 4. The third-order valence-corrected chi connectivity index (χ3v) is 5.56. The lowest BCUT2D eigenvalue weighted by atomic mass is 10.1. The Labute approximate surface area is 163 Å². The van der Waals surface area contributed by atoms with Crippen LogP contribution in [0.3, 0.4) is 0 Å². The Morgan fingerprint density at radius 3 is 3.04 bits per heavy atom. The van der Waals surface area contributed by atoms with Crippen LogP contribution in [0.5, 0.6) is 5.75 Å². The van der Waals surface area contributed by atoms with Crippen LogP contribution < -0.4 is 15.4 Å². The Morgan fingerprint density at radius 1 is 1.29 bits per heavy atom. The van der Waals surface area contributed by atoms with Crippen LogP contribution in [0.1, 0.15) is 46.1 Å². The highest BCUT2D eigenvalue weighted by Gasteiger charge is 2.28. The molecule has 1 aliphatic carbocycles. The maximum absolute atomic E-state index is 12.6. The van der Waals surface area contributed by atoms with Gasteiger partial charge in [-0.25, -0.2) is 4.98 Å². The first-order valence-corrected chi connectivity index (χ1v) is 9.89. The Bertz CT molecular complexity index is 1050. The van der Waals surface area contributed by atoms with E-state index in [-0.39, 0.29) is 5.91 Å². The van der Waals surface area contributed by atoms with Gasteiger partial charge in [-0.3, -0.25) is 4.79 Å². The summed E-state index contributed by atoms with van der Waals surface area (Å²) in [5, 5.41) is 6.31. The van der Waals surface area contributed by atoms with E-state index < -0.39 is 0 Å². The van der Waals surface area contributed by atoms with E-state index in [4.69, 9.17) is 9.72 Å². The molecule has 1 aromatic heterocycles. The summed E-state index contributed by atoms with van der Waals surface area (Å²) in [5.74, 6) is 2.49. The molecule has 0 unspecified atom stereocenters. The number of nitrogens with zero attached hydrogens (tertiary/aromatic N) is 2. The van der Waals surface area contributed by atoms with Crippen LogP contribution in [0, 0.1) is 0 Å². The molecule has 2 N–H and O–H groups in total. The molecule has 3 aromatic rings. The van der Waals surface area contributed by atoms with Crippen molar-refractivity contribution in [2.24, 2.45) is 7.05 Å². The molecule has 6 nitrogen and oxygen atoms in total. The van der Waals surface area contributed by atoms with Crippen molar-refractivity contribution in [3.63, 3.8) is 0 Å². The van der Waals surface area contributed by atoms with Crippen LogP contribution in [-0.2, 0) is 20.1 Å². The molecule has 0 spiro atoms. The molecule has 1 aliphatic heterocycles. The predicted octanol–water partition coefficient (Wildman–Crippen LogP) is 2.86. The number of ether oxygens (including phenoxy) is 1. The summed E-state index contributed by atoms with van der Waals surface area (Å²) in [6.45, 7) is 2.67. The van der Waals surface area contributed by atoms with Gasteiger partial charge in [0, 0.05) is 43.7 Å². The van der Waals surface area contributed by atoms with Crippen LogP contribution in [0.25, 0.3) is 11.0 Å². The van der Waals surface area contributed by atoms with E-state index >= 15 is 0 Å². The lowest BCUT2D eigenvalue weighted by Gasteiger charge is -2.10. The quantitative estimate of drug-likeness (QED) is 0.735. The van der Waals surface area contributed by atoms with Crippen molar-refractivity contribution in [1.29, 1.82) is 0 Å². The molecule has 2 aliphatic rings. The van der Waals surface area contributed by atoms with Gasteiger partial charge in [-0.05, 0) is 42.7 Å². The third kappa shape index (κ3) is 3.24. The van der Waals surface area contributed by atoms with Crippen molar-refractivity contribution < 1.29 is 9.53 Å². The fourth-order valence-corrected chi connectivity index (χ4v) is 3.80. The van der Waals surface area contributed by atoms with Gasteiger partial charge in [0.15, 0.2) is 0 Å². The summed E-state index contributed by atoms with van der Waals surface area (Å²) in [5.41, 5.74) is 4.91. The molecule has 0 saturated heterocycles. The van der Waals surface area contributed by atoms with E-state index in [1.54, 1.807) is 0 Å². The Morgan fingerprint density at radius 2 is 2.18 bits per heavy atom. The standard InChI is InChI=1S/C22H24N4O2/c1-26-19-7-2-14(10-18(19)25-21(26)15-3-4-15)12-24-22(27)16-5-6-17-13-23-8-9-28-20(17)11-16/h2,5-7,10-11,15,23H,3-4,8-9,12-13H2,1H3,(H,24,27). The average Bonchev–Trinajstić information content (AvgIpc) is 3.53. The zero-order chi connectivity index (χ0) is 19.1. The van der Waals surface area contributed by atoms with E-state index in [1.807, 2.05) is 18.2 Å². The first kappa shape index (κ1) is 17.3. The summed E-state index contributed by atoms with van der Waals surface area (Å²) in [4.78, 5) is 17.4. The largest absolute Gasteiger partial charge is 0.492 e. The van der Waals surface area contributed by atoms with Crippen LogP contribution in [-0.4, -0.2) is 28.6 Å². The van der Waals surface area contributed by atoms with E-state index in [2.05, 4.69) is 40.4 Å². The summed E-state index contributed by atoms with van der Waals surface area (Å²) in [6, 6.07) is 11.9. The van der Waals surface area contributed by atoms with Crippen LogP contribution in [0.15, 0.2) is 36.4 Å². The molecule has 0 radical (unpaired) electrons. The fourth-order valence-electron chi connectivity index (χ4n) is 3.80. The minimum atomic E-state index is -0.0941. The summed E-state index contributed by atoms with van der Waals surface area (Å²) >= 11 is 0. The second-order valence-corrected chi connectivity index (χ2v) is 7.66. The predicted molar refractivity (Wildman–Crippen MR) is 108 cm³/mol. The third-order valence-electron chi connectivity index (χ3n) is 5.56. The SMILES string of the molecule is Cn1c(C2CC2)nc2cc(CNC(=O)c3ccc4c(c3)OCCNC4)ccc21. The fraction of sp³-hybridized carbons (Fsp3) is 0.364. The molecule has 1 amide bonds. The summed E-state index contributed by atoms with van der Waals surface area (Å²) < 4.78 is 7.93. The van der Waals surface area contributed by atoms with Gasteiger partial charge in [-0.15, -0.1) is 0 Å². The van der Waals surface area contributed by atoms with Crippen molar-refractivity contribution >= 4 is 16.9 Å². The average molecular weight is 376 g/mol. The molecule has 5 rings (SSSR count). The highest BCUT2D eigenvalue weighted by molar-refractivity contribution is 5.94. The first-order chi connectivity index (χ1) is 13.7. The van der Waals surface area contributed by atoms with Crippen molar-refractivity contribution in [3.05, 3.63) is 58.9 Å². The molecule has 144 valence electrons. The number of hydrogen-bond acceptors (Lipinski definition) is 4.